The summed E-state index contributed by atoms with van der Waals surface area (Å²) in [4.78, 5) is 24.7. The first kappa shape index (κ1) is 90.6. The molecule has 0 aliphatic carbocycles. The van der Waals surface area contributed by atoms with E-state index in [2.05, 4.69) is 31.3 Å². The smallest absolute Gasteiger partial charge is 0.305 e. The van der Waals surface area contributed by atoms with Crippen molar-refractivity contribution in [1.29, 1.82) is 0 Å². The van der Waals surface area contributed by atoms with E-state index in [1.165, 1.54) is 430 Å². The molecule has 0 aromatic rings. The first-order chi connectivity index (χ1) is 45.5. The summed E-state index contributed by atoms with van der Waals surface area (Å²) in [5.41, 5.74) is 0. The van der Waals surface area contributed by atoms with Gasteiger partial charge in [-0.25, -0.2) is 0 Å². The number of nitrogens with one attached hydrogen (secondary N) is 1. The van der Waals surface area contributed by atoms with Crippen LogP contribution in [0, 0.1) is 0 Å². The molecule has 0 rings (SSSR count). The summed E-state index contributed by atoms with van der Waals surface area (Å²) in [5.74, 6) is 0.00215. The van der Waals surface area contributed by atoms with E-state index in [0.29, 0.717) is 25.9 Å². The van der Waals surface area contributed by atoms with Gasteiger partial charge in [0.2, 0.25) is 5.91 Å². The maximum absolute atomic E-state index is 12.6. The molecule has 2 unspecified atom stereocenters. The number of aliphatic hydroxyl groups excluding tert-OH is 2. The summed E-state index contributed by atoms with van der Waals surface area (Å²) < 4.78 is 5.52. The average Bonchev–Trinajstić information content (AvgIpc) is 3.40. The van der Waals surface area contributed by atoms with Crippen molar-refractivity contribution in [2.24, 2.45) is 0 Å². The molecule has 0 aliphatic heterocycles. The van der Waals surface area contributed by atoms with Gasteiger partial charge in [0.05, 0.1) is 25.4 Å². The Bertz CT molecular complexity index is 1400. The van der Waals surface area contributed by atoms with Gasteiger partial charge < -0.3 is 20.3 Å². The molecule has 2 atom stereocenters. The van der Waals surface area contributed by atoms with Gasteiger partial charge in [-0.3, -0.25) is 9.59 Å². The third-order valence-corrected chi connectivity index (χ3v) is 20.6. The molecule has 0 saturated carbocycles. The van der Waals surface area contributed by atoms with E-state index in [-0.39, 0.29) is 18.5 Å². The molecule has 0 aromatic heterocycles. The lowest BCUT2D eigenvalue weighted by atomic mass is 10.0. The summed E-state index contributed by atoms with van der Waals surface area (Å²) in [7, 11) is 0. The summed E-state index contributed by atoms with van der Waals surface area (Å²) in [6, 6.07) is -0.539. The minimum atomic E-state index is -0.662. The standard InChI is InChI=1S/C86H169NO5/c1-3-5-7-9-11-13-15-17-19-21-23-43-46-50-54-58-62-66-70-74-78-84(89)83(82-88)87-85(90)79-75-71-67-63-59-55-51-47-44-41-39-37-35-33-31-29-27-25-24-26-28-30-32-34-36-38-40-42-45-49-53-57-61-65-69-73-77-81-92-86(91)80-76-72-68-64-60-56-52-48-22-20-18-16-14-12-10-8-6-4-2/h24,26,83-84,88-89H,3-23,25,27-82H2,1-2H3,(H,87,90)/b26-24-. The molecule has 548 valence electrons. The molecule has 0 saturated heterocycles. The fraction of sp³-hybridized carbons (Fsp3) is 0.953. The zero-order valence-corrected chi connectivity index (χ0v) is 63.1. The highest BCUT2D eigenvalue weighted by Crippen LogP contribution is 2.21. The topological polar surface area (TPSA) is 95.9 Å². The predicted octanol–water partition coefficient (Wildman–Crippen LogP) is 28.6. The van der Waals surface area contributed by atoms with E-state index in [1.807, 2.05) is 0 Å². The molecule has 0 aromatic carbocycles. The fourth-order valence-electron chi connectivity index (χ4n) is 14.1. The summed E-state index contributed by atoms with van der Waals surface area (Å²) >= 11 is 0. The molecule has 1 amide bonds. The van der Waals surface area contributed by atoms with Crippen LogP contribution in [0.1, 0.15) is 502 Å². The van der Waals surface area contributed by atoms with Gasteiger partial charge in [-0.05, 0) is 51.4 Å². The highest BCUT2D eigenvalue weighted by atomic mass is 16.5. The molecule has 92 heavy (non-hydrogen) atoms. The van der Waals surface area contributed by atoms with Crippen LogP contribution in [0.15, 0.2) is 12.2 Å². The van der Waals surface area contributed by atoms with Crippen molar-refractivity contribution in [2.45, 2.75) is 514 Å². The number of allylic oxidation sites excluding steroid dienone is 2. The number of hydrogen-bond donors (Lipinski definition) is 3. The van der Waals surface area contributed by atoms with Crippen molar-refractivity contribution < 1.29 is 24.5 Å². The minimum absolute atomic E-state index is 0.0252. The molecule has 0 aliphatic rings. The Labute approximate surface area is 578 Å². The molecule has 0 fully saturated rings. The molecule has 0 heterocycles. The van der Waals surface area contributed by atoms with Crippen molar-refractivity contribution in [2.75, 3.05) is 13.2 Å². The first-order valence-electron chi connectivity index (χ1n) is 42.9. The van der Waals surface area contributed by atoms with Gasteiger partial charge in [0, 0.05) is 12.8 Å². The molecule has 3 N–H and O–H groups in total. The third-order valence-electron chi connectivity index (χ3n) is 20.6. The SMILES string of the molecule is CCCCCCCCCCCCCCCCCCCCCCC(O)C(CO)NC(=O)CCCCCCCCCCCCCCCCCCC/C=C\CCCCCCCCCCCCCCCCCCOC(=O)CCCCCCCCCCCCCCCCCCCC. The monoisotopic (exact) mass is 1300 g/mol. The zero-order chi connectivity index (χ0) is 66.3. The lowest BCUT2D eigenvalue weighted by Crippen LogP contribution is -2.45. The van der Waals surface area contributed by atoms with Crippen LogP contribution >= 0.6 is 0 Å². The van der Waals surface area contributed by atoms with Crippen LogP contribution in [0.4, 0.5) is 0 Å². The van der Waals surface area contributed by atoms with Crippen molar-refractivity contribution in [3.63, 3.8) is 0 Å². The number of carbonyl (C=O) groups is 2. The molecule has 0 radical (unpaired) electrons. The quantitative estimate of drug-likeness (QED) is 0.0320. The minimum Gasteiger partial charge on any atom is -0.466 e. The van der Waals surface area contributed by atoms with Gasteiger partial charge in [-0.1, -0.05) is 450 Å². The van der Waals surface area contributed by atoms with Crippen molar-refractivity contribution in [3.05, 3.63) is 12.2 Å². The number of rotatable bonds is 82. The lowest BCUT2D eigenvalue weighted by molar-refractivity contribution is -0.143. The number of amides is 1. The molecule has 6 heteroatoms. The maximum Gasteiger partial charge on any atom is 0.305 e. The second-order valence-corrected chi connectivity index (χ2v) is 29.9. The normalized spacial score (nSPS) is 12.4. The number of ether oxygens (including phenoxy) is 1. The average molecular weight is 1300 g/mol. The largest absolute Gasteiger partial charge is 0.466 e. The van der Waals surface area contributed by atoms with Crippen LogP contribution in [-0.2, 0) is 14.3 Å². The van der Waals surface area contributed by atoms with E-state index in [4.69, 9.17) is 4.74 Å². The Morgan fingerprint density at radius 2 is 0.511 bits per heavy atom. The Hall–Kier alpha value is -1.40. The lowest BCUT2D eigenvalue weighted by Gasteiger charge is -2.22. The second-order valence-electron chi connectivity index (χ2n) is 29.9. The number of unbranched alkanes of at least 4 members (excludes halogenated alkanes) is 69. The van der Waals surface area contributed by atoms with Crippen LogP contribution in [0.5, 0.6) is 0 Å². The fourth-order valence-corrected chi connectivity index (χ4v) is 14.1. The van der Waals surface area contributed by atoms with Crippen molar-refractivity contribution >= 4 is 11.9 Å². The van der Waals surface area contributed by atoms with Crippen LogP contribution in [0.3, 0.4) is 0 Å². The molecular weight excluding hydrogens is 1130 g/mol. The number of hydrogen-bond acceptors (Lipinski definition) is 5. The summed E-state index contributed by atoms with van der Waals surface area (Å²) in [5, 5.41) is 23.5. The van der Waals surface area contributed by atoms with E-state index in [1.54, 1.807) is 0 Å². The second kappa shape index (κ2) is 82.0. The van der Waals surface area contributed by atoms with Gasteiger partial charge in [0.1, 0.15) is 0 Å². The van der Waals surface area contributed by atoms with E-state index in [0.717, 1.165) is 38.5 Å². The van der Waals surface area contributed by atoms with Crippen LogP contribution in [0.25, 0.3) is 0 Å². The Balaban J connectivity index is 3.31. The van der Waals surface area contributed by atoms with Gasteiger partial charge in [-0.15, -0.1) is 0 Å². The van der Waals surface area contributed by atoms with Crippen LogP contribution < -0.4 is 5.32 Å². The highest BCUT2D eigenvalue weighted by molar-refractivity contribution is 5.76. The Morgan fingerprint density at radius 1 is 0.293 bits per heavy atom. The third kappa shape index (κ3) is 77.6. The van der Waals surface area contributed by atoms with E-state index in [9.17, 15) is 19.8 Å². The van der Waals surface area contributed by atoms with Gasteiger partial charge >= 0.3 is 5.97 Å². The molecule has 0 bridgehead atoms. The van der Waals surface area contributed by atoms with E-state index >= 15 is 0 Å². The van der Waals surface area contributed by atoms with Gasteiger partial charge in [0.15, 0.2) is 0 Å². The molecule has 0 spiro atoms. The molecule has 6 nitrogen and oxygen atoms in total. The number of aliphatic hydroxyl groups is 2. The van der Waals surface area contributed by atoms with Gasteiger partial charge in [-0.2, -0.15) is 0 Å². The van der Waals surface area contributed by atoms with Crippen molar-refractivity contribution in [3.8, 4) is 0 Å². The van der Waals surface area contributed by atoms with Crippen LogP contribution in [-0.4, -0.2) is 47.4 Å². The Morgan fingerprint density at radius 3 is 0.772 bits per heavy atom. The first-order valence-corrected chi connectivity index (χ1v) is 42.9. The summed E-state index contributed by atoms with van der Waals surface area (Å²) in [6.07, 6.45) is 105. The zero-order valence-electron chi connectivity index (χ0n) is 63.1. The maximum atomic E-state index is 12.6. The van der Waals surface area contributed by atoms with Crippen LogP contribution in [0.2, 0.25) is 0 Å². The van der Waals surface area contributed by atoms with Gasteiger partial charge in [0.25, 0.3) is 0 Å². The van der Waals surface area contributed by atoms with Crippen molar-refractivity contribution in [1.82, 2.24) is 5.32 Å². The highest BCUT2D eigenvalue weighted by Gasteiger charge is 2.20. The number of esters is 1. The Kier molecular flexibility index (Phi) is 80.8. The van der Waals surface area contributed by atoms with E-state index < -0.39 is 12.1 Å². The molecular formula is C86H169NO5. The predicted molar refractivity (Wildman–Crippen MR) is 407 cm³/mol. The number of carbonyl (C=O) groups excluding carboxylic acids is 2. The summed E-state index contributed by atoms with van der Waals surface area (Å²) in [6.45, 7) is 5.02.